The fourth-order valence-corrected chi connectivity index (χ4v) is 4.89. The Bertz CT molecular complexity index is 1230. The highest BCUT2D eigenvalue weighted by atomic mass is 19.1. The summed E-state index contributed by atoms with van der Waals surface area (Å²) in [7, 11) is 1.64. The molecule has 1 aliphatic carbocycles. The highest BCUT2D eigenvalue weighted by Gasteiger charge is 2.30. The summed E-state index contributed by atoms with van der Waals surface area (Å²) >= 11 is 0. The van der Waals surface area contributed by atoms with E-state index in [4.69, 9.17) is 9.15 Å². The number of ether oxygens (including phenoxy) is 1. The molecular weight excluding hydrogens is 419 g/mol. The second-order valence-corrected chi connectivity index (χ2v) is 8.76. The zero-order valence-electron chi connectivity index (χ0n) is 18.8. The zero-order chi connectivity index (χ0) is 22.8. The Morgan fingerprint density at radius 3 is 2.58 bits per heavy atom. The van der Waals surface area contributed by atoms with Crippen LogP contribution in [0, 0.1) is 11.7 Å². The highest BCUT2D eigenvalue weighted by molar-refractivity contribution is 5.82. The van der Waals surface area contributed by atoms with Gasteiger partial charge in [0.1, 0.15) is 11.6 Å². The fraction of sp³-hybridized carbons (Fsp3) is 0.346. The Kier molecular flexibility index (Phi) is 5.94. The molecule has 1 aliphatic rings. The Morgan fingerprint density at radius 1 is 1.03 bits per heavy atom. The van der Waals surface area contributed by atoms with E-state index < -0.39 is 0 Å². The van der Waals surface area contributed by atoms with Gasteiger partial charge in [-0.1, -0.05) is 12.0 Å². The maximum atomic E-state index is 13.9. The lowest BCUT2D eigenvalue weighted by Crippen LogP contribution is -2.18. The van der Waals surface area contributed by atoms with E-state index in [1.165, 1.54) is 11.6 Å². The number of halogens is 1. The third-order valence-corrected chi connectivity index (χ3v) is 6.83. The smallest absolute Gasteiger partial charge is 0.320 e. The lowest BCUT2D eigenvalue weighted by atomic mass is 9.74. The summed E-state index contributed by atoms with van der Waals surface area (Å²) in [5, 5.41) is 12.6. The van der Waals surface area contributed by atoms with Gasteiger partial charge >= 0.3 is 6.01 Å². The standard InChI is InChI=1S/C26H27FN4O2/c1-16(25-30-31-26(33-25)29-20-8-10-21(32-2)11-9-20)17-3-5-18(6-4-17)22-13-14-28-24-12-7-19(27)15-23(22)24/h7-18H,3-6H2,1-2H3,(H,29,31)/t16-,17?,18?/m1/s1. The molecule has 6 nitrogen and oxygen atoms in total. The van der Waals surface area contributed by atoms with Crippen LogP contribution in [0.3, 0.4) is 0 Å². The van der Waals surface area contributed by atoms with Crippen LogP contribution in [0.25, 0.3) is 10.9 Å². The molecule has 4 aromatic rings. The van der Waals surface area contributed by atoms with E-state index in [0.29, 0.717) is 23.7 Å². The van der Waals surface area contributed by atoms with E-state index in [2.05, 4.69) is 27.4 Å². The van der Waals surface area contributed by atoms with Crippen molar-refractivity contribution in [1.82, 2.24) is 15.2 Å². The van der Waals surface area contributed by atoms with E-state index in [0.717, 1.165) is 48.0 Å². The maximum absolute atomic E-state index is 13.9. The number of anilines is 2. The van der Waals surface area contributed by atoms with Crippen LogP contribution >= 0.6 is 0 Å². The van der Waals surface area contributed by atoms with Crippen LogP contribution in [0.4, 0.5) is 16.1 Å². The Hall–Kier alpha value is -3.48. The van der Waals surface area contributed by atoms with Gasteiger partial charge in [0.15, 0.2) is 0 Å². The van der Waals surface area contributed by atoms with Crippen molar-refractivity contribution in [3.63, 3.8) is 0 Å². The van der Waals surface area contributed by atoms with Gasteiger partial charge in [-0.2, -0.15) is 0 Å². The number of pyridine rings is 1. The average molecular weight is 447 g/mol. The molecule has 7 heteroatoms. The van der Waals surface area contributed by atoms with Gasteiger partial charge in [0.05, 0.1) is 12.6 Å². The molecule has 0 unspecified atom stereocenters. The molecule has 0 bridgehead atoms. The molecule has 0 saturated heterocycles. The summed E-state index contributed by atoms with van der Waals surface area (Å²) in [6, 6.07) is 14.8. The monoisotopic (exact) mass is 446 g/mol. The second-order valence-electron chi connectivity index (χ2n) is 8.76. The molecule has 1 N–H and O–H groups in total. The molecule has 0 aliphatic heterocycles. The number of hydrogen-bond donors (Lipinski definition) is 1. The normalized spacial score (nSPS) is 19.4. The third-order valence-electron chi connectivity index (χ3n) is 6.83. The first-order chi connectivity index (χ1) is 16.1. The van der Waals surface area contributed by atoms with Gasteiger partial charge in [-0.05, 0) is 91.6 Å². The summed E-state index contributed by atoms with van der Waals surface area (Å²) < 4.78 is 25.0. The molecular formula is C26H27FN4O2. The van der Waals surface area contributed by atoms with Crippen LogP contribution in [0.15, 0.2) is 59.1 Å². The van der Waals surface area contributed by atoms with Crippen molar-refractivity contribution in [3.05, 3.63) is 72.0 Å². The maximum Gasteiger partial charge on any atom is 0.320 e. The van der Waals surface area contributed by atoms with Gasteiger partial charge < -0.3 is 14.5 Å². The van der Waals surface area contributed by atoms with Crippen LogP contribution in [-0.4, -0.2) is 22.3 Å². The number of nitrogens with zero attached hydrogens (tertiary/aromatic N) is 3. The van der Waals surface area contributed by atoms with Gasteiger partial charge in [-0.3, -0.25) is 4.98 Å². The van der Waals surface area contributed by atoms with Crippen molar-refractivity contribution < 1.29 is 13.5 Å². The predicted molar refractivity (Wildman–Crippen MR) is 125 cm³/mol. The van der Waals surface area contributed by atoms with Crippen LogP contribution in [0.1, 0.15) is 55.9 Å². The van der Waals surface area contributed by atoms with Crippen molar-refractivity contribution >= 4 is 22.6 Å². The molecule has 33 heavy (non-hydrogen) atoms. The van der Waals surface area contributed by atoms with Crippen molar-refractivity contribution in [2.45, 2.75) is 44.4 Å². The first kappa shape index (κ1) is 21.4. The average Bonchev–Trinajstić information content (AvgIpc) is 3.32. The van der Waals surface area contributed by atoms with Gasteiger partial charge in [0.25, 0.3) is 0 Å². The lowest BCUT2D eigenvalue weighted by molar-refractivity contribution is 0.266. The number of fused-ring (bicyclic) bond motifs is 1. The molecule has 0 spiro atoms. The Balaban J connectivity index is 1.23. The molecule has 0 radical (unpaired) electrons. The van der Waals surface area contributed by atoms with Gasteiger partial charge in [0, 0.05) is 23.2 Å². The van der Waals surface area contributed by atoms with Crippen LogP contribution in [-0.2, 0) is 0 Å². The number of benzene rings is 2. The quantitative estimate of drug-likeness (QED) is 0.360. The molecule has 1 atom stereocenters. The summed E-state index contributed by atoms with van der Waals surface area (Å²) in [5.74, 6) is 2.30. The predicted octanol–water partition coefficient (Wildman–Crippen LogP) is 6.59. The van der Waals surface area contributed by atoms with E-state index in [1.807, 2.05) is 36.5 Å². The van der Waals surface area contributed by atoms with Gasteiger partial charge in [-0.15, -0.1) is 5.10 Å². The van der Waals surface area contributed by atoms with Crippen LogP contribution in [0.5, 0.6) is 5.75 Å². The number of rotatable bonds is 6. The highest BCUT2D eigenvalue weighted by Crippen LogP contribution is 2.43. The van der Waals surface area contributed by atoms with Crippen molar-refractivity contribution in [3.8, 4) is 5.75 Å². The summed E-state index contributed by atoms with van der Waals surface area (Å²) in [5.41, 5.74) is 2.92. The van der Waals surface area contributed by atoms with Crippen LogP contribution < -0.4 is 10.1 Å². The van der Waals surface area contributed by atoms with Crippen LogP contribution in [0.2, 0.25) is 0 Å². The van der Waals surface area contributed by atoms with E-state index >= 15 is 0 Å². The molecule has 2 heterocycles. The first-order valence-electron chi connectivity index (χ1n) is 11.4. The minimum Gasteiger partial charge on any atom is -0.497 e. The largest absolute Gasteiger partial charge is 0.497 e. The molecule has 5 rings (SSSR count). The van der Waals surface area contributed by atoms with Gasteiger partial charge in [0.2, 0.25) is 5.89 Å². The zero-order valence-corrected chi connectivity index (χ0v) is 18.8. The van der Waals surface area contributed by atoms with Crippen molar-refractivity contribution in [1.29, 1.82) is 0 Å². The van der Waals surface area contributed by atoms with E-state index in [9.17, 15) is 4.39 Å². The Labute approximate surface area is 192 Å². The Morgan fingerprint density at radius 2 is 1.82 bits per heavy atom. The lowest BCUT2D eigenvalue weighted by Gasteiger charge is -2.31. The summed E-state index contributed by atoms with van der Waals surface area (Å²) in [6.45, 7) is 2.16. The number of nitrogens with one attached hydrogen (secondary N) is 1. The van der Waals surface area contributed by atoms with Crippen molar-refractivity contribution in [2.75, 3.05) is 12.4 Å². The van der Waals surface area contributed by atoms with E-state index in [1.54, 1.807) is 19.2 Å². The first-order valence-corrected chi connectivity index (χ1v) is 11.4. The van der Waals surface area contributed by atoms with Crippen molar-refractivity contribution in [2.24, 2.45) is 5.92 Å². The number of aromatic nitrogens is 3. The molecule has 1 saturated carbocycles. The summed E-state index contributed by atoms with van der Waals surface area (Å²) in [4.78, 5) is 4.40. The number of hydrogen-bond acceptors (Lipinski definition) is 6. The van der Waals surface area contributed by atoms with Gasteiger partial charge in [-0.25, -0.2) is 4.39 Å². The van der Waals surface area contributed by atoms with E-state index in [-0.39, 0.29) is 11.7 Å². The third kappa shape index (κ3) is 4.53. The molecule has 1 fully saturated rings. The second kappa shape index (κ2) is 9.17. The summed E-state index contributed by atoms with van der Waals surface area (Å²) in [6.07, 6.45) is 6.06. The fourth-order valence-electron chi connectivity index (χ4n) is 4.89. The minimum absolute atomic E-state index is 0.177. The molecule has 2 aromatic heterocycles. The molecule has 2 aromatic carbocycles. The molecule has 0 amide bonds. The topological polar surface area (TPSA) is 73.1 Å². The minimum atomic E-state index is -0.213. The number of methoxy groups -OCH3 is 1. The SMILES string of the molecule is COc1ccc(Nc2nnc([C@H](C)C3CCC(c4ccnc5ccc(F)cc45)CC3)o2)cc1. The molecule has 170 valence electrons.